The third kappa shape index (κ3) is 12.7. The first-order valence-electron chi connectivity index (χ1n) is 18.4. The van der Waals surface area contributed by atoms with E-state index in [1.807, 2.05) is 13.8 Å². The number of hydroxylamine groups is 2. The number of benzene rings is 1. The first-order chi connectivity index (χ1) is 26.8. The van der Waals surface area contributed by atoms with Gasteiger partial charge in [-0.25, -0.2) is 14.3 Å². The highest BCUT2D eigenvalue weighted by Crippen LogP contribution is 2.35. The minimum absolute atomic E-state index is 0.0329. The number of hydrogen-bond donors (Lipinski definition) is 1. The average Bonchev–Trinajstić information content (AvgIpc) is 3.76. The summed E-state index contributed by atoms with van der Waals surface area (Å²) in [7, 11) is 2.99. The summed E-state index contributed by atoms with van der Waals surface area (Å²) in [6.07, 6.45) is 0.237. The molecule has 4 rings (SSSR count). The molecule has 2 aliphatic rings. The standard InChI is InChI=1S/C37H51N5O14/c1-22-23(2)36(51-21-28(20-49-5)53-24(3)43)55-31(35(22)54-25(4)44)18-41-17-29(39-40-41)26-11-12-27(30(16-26)50-6)19-52-37(48)38-15-9-7-8-10-34(47)56-42-32(45)13-14-33(42)46/h11-12,16-17,22-23,28,31,35-36H,7-10,13-15,18-21H2,1-6H3,(H,38,48)/t22-,23?,28?,31?,35-,36?/m1/s1. The molecule has 3 amide bonds. The number of esters is 2. The molecule has 0 saturated carbocycles. The molecule has 0 spiro atoms. The quantitative estimate of drug-likeness (QED) is 0.0882. The van der Waals surface area contributed by atoms with Gasteiger partial charge in [0, 0.05) is 69.7 Å². The number of rotatable bonds is 20. The zero-order chi connectivity index (χ0) is 40.8. The van der Waals surface area contributed by atoms with Crippen molar-refractivity contribution in [3.63, 3.8) is 0 Å². The van der Waals surface area contributed by atoms with Gasteiger partial charge < -0.3 is 43.3 Å². The van der Waals surface area contributed by atoms with Crippen molar-refractivity contribution in [3.8, 4) is 17.0 Å². The molecule has 1 aromatic carbocycles. The maximum Gasteiger partial charge on any atom is 0.407 e. The Morgan fingerprint density at radius 1 is 0.982 bits per heavy atom. The number of nitrogens with one attached hydrogen (secondary N) is 1. The summed E-state index contributed by atoms with van der Waals surface area (Å²) in [6.45, 7) is 7.15. The van der Waals surface area contributed by atoms with Gasteiger partial charge in [-0.05, 0) is 18.9 Å². The number of carbonyl (C=O) groups is 6. The third-order valence-corrected chi connectivity index (χ3v) is 9.26. The zero-order valence-corrected chi connectivity index (χ0v) is 32.6. The Balaban J connectivity index is 1.27. The van der Waals surface area contributed by atoms with Crippen molar-refractivity contribution in [1.29, 1.82) is 0 Å². The fraction of sp³-hybridized carbons (Fsp3) is 0.622. The minimum atomic E-state index is -0.701. The van der Waals surface area contributed by atoms with Gasteiger partial charge in [0.05, 0.1) is 33.1 Å². The number of hydrogen-bond acceptors (Lipinski definition) is 16. The van der Waals surface area contributed by atoms with Crippen LogP contribution in [-0.2, 0) is 70.4 Å². The third-order valence-electron chi connectivity index (χ3n) is 9.26. The second-order valence-corrected chi connectivity index (χ2v) is 13.6. The minimum Gasteiger partial charge on any atom is -0.496 e. The summed E-state index contributed by atoms with van der Waals surface area (Å²) in [4.78, 5) is 75.8. The highest BCUT2D eigenvalue weighted by atomic mass is 16.7. The Labute approximate surface area is 324 Å². The molecule has 1 N–H and O–H groups in total. The first-order valence-corrected chi connectivity index (χ1v) is 18.4. The molecule has 19 heteroatoms. The monoisotopic (exact) mass is 789 g/mol. The lowest BCUT2D eigenvalue weighted by Gasteiger charge is -2.43. The van der Waals surface area contributed by atoms with Crippen molar-refractivity contribution in [3.05, 3.63) is 30.0 Å². The van der Waals surface area contributed by atoms with Crippen LogP contribution in [0.4, 0.5) is 4.79 Å². The van der Waals surface area contributed by atoms with E-state index in [1.54, 1.807) is 29.1 Å². The topological polar surface area (TPSA) is 222 Å². The number of carbonyl (C=O) groups excluding carboxylic acids is 6. The Hall–Kier alpha value is -5.14. The number of ether oxygens (including phenoxy) is 7. The Bertz CT molecular complexity index is 1670. The van der Waals surface area contributed by atoms with E-state index < -0.39 is 60.4 Å². The SMILES string of the molecule is COCC(COC1OC(Cn2cc(-c3ccc(COC(=O)NCCCCCC(=O)ON4C(=O)CCC4=O)c(OC)c3)nn2)[C@H](OC(C)=O)[C@H](C)C1C)OC(C)=O. The summed E-state index contributed by atoms with van der Waals surface area (Å²) < 4.78 is 41.1. The van der Waals surface area contributed by atoms with Crippen molar-refractivity contribution in [1.82, 2.24) is 25.4 Å². The molecule has 0 aliphatic carbocycles. The molecule has 2 fully saturated rings. The van der Waals surface area contributed by atoms with Gasteiger partial charge >= 0.3 is 24.0 Å². The number of aromatic nitrogens is 3. The second-order valence-electron chi connectivity index (χ2n) is 13.6. The molecule has 19 nitrogen and oxygen atoms in total. The Morgan fingerprint density at radius 3 is 2.41 bits per heavy atom. The summed E-state index contributed by atoms with van der Waals surface area (Å²) in [5.74, 6) is -2.49. The lowest BCUT2D eigenvalue weighted by Crippen LogP contribution is -2.53. The summed E-state index contributed by atoms with van der Waals surface area (Å²) >= 11 is 0. The van der Waals surface area contributed by atoms with E-state index in [4.69, 9.17) is 38.0 Å². The Morgan fingerprint density at radius 2 is 1.73 bits per heavy atom. The van der Waals surface area contributed by atoms with Crippen LogP contribution in [0.2, 0.25) is 0 Å². The smallest absolute Gasteiger partial charge is 0.407 e. The van der Waals surface area contributed by atoms with Crippen LogP contribution in [0, 0.1) is 11.8 Å². The van der Waals surface area contributed by atoms with Crippen LogP contribution in [0.25, 0.3) is 11.3 Å². The van der Waals surface area contributed by atoms with Crippen molar-refractivity contribution < 1.29 is 66.8 Å². The van der Waals surface area contributed by atoms with Gasteiger partial charge in [0.1, 0.15) is 36.4 Å². The van der Waals surface area contributed by atoms with E-state index in [1.165, 1.54) is 28.1 Å². The zero-order valence-electron chi connectivity index (χ0n) is 32.6. The van der Waals surface area contributed by atoms with Crippen molar-refractivity contribution >= 4 is 35.8 Å². The normalized spacial score (nSPS) is 21.3. The highest BCUT2D eigenvalue weighted by Gasteiger charge is 2.44. The largest absolute Gasteiger partial charge is 0.496 e. The first kappa shape index (κ1) is 43.6. The molecule has 2 saturated heterocycles. The van der Waals surface area contributed by atoms with Crippen LogP contribution in [0.15, 0.2) is 24.4 Å². The van der Waals surface area contributed by atoms with Crippen molar-refractivity contribution in [2.75, 3.05) is 34.0 Å². The maximum absolute atomic E-state index is 12.3. The van der Waals surface area contributed by atoms with E-state index in [0.29, 0.717) is 53.4 Å². The van der Waals surface area contributed by atoms with Gasteiger partial charge in [-0.2, -0.15) is 0 Å². The van der Waals surface area contributed by atoms with Gasteiger partial charge in [0.15, 0.2) is 6.29 Å². The summed E-state index contributed by atoms with van der Waals surface area (Å²) in [6, 6.07) is 5.29. The van der Waals surface area contributed by atoms with Gasteiger partial charge in [-0.1, -0.05) is 37.6 Å². The number of methoxy groups -OCH3 is 2. The molecular weight excluding hydrogens is 738 g/mol. The predicted molar refractivity (Wildman–Crippen MR) is 192 cm³/mol. The van der Waals surface area contributed by atoms with E-state index in [-0.39, 0.29) is 57.5 Å². The highest BCUT2D eigenvalue weighted by molar-refractivity contribution is 6.01. The van der Waals surface area contributed by atoms with Crippen LogP contribution in [0.1, 0.15) is 71.8 Å². The molecule has 3 heterocycles. The molecule has 4 unspecified atom stereocenters. The number of amides is 3. The summed E-state index contributed by atoms with van der Waals surface area (Å²) in [5, 5.41) is 11.8. The van der Waals surface area contributed by atoms with E-state index >= 15 is 0 Å². The maximum atomic E-state index is 12.3. The molecule has 2 aliphatic heterocycles. The van der Waals surface area contributed by atoms with E-state index in [9.17, 15) is 28.8 Å². The second kappa shape index (κ2) is 21.2. The van der Waals surface area contributed by atoms with Crippen LogP contribution in [0.5, 0.6) is 5.75 Å². The van der Waals surface area contributed by atoms with Crippen LogP contribution in [0.3, 0.4) is 0 Å². The lowest BCUT2D eigenvalue weighted by atomic mass is 9.84. The van der Waals surface area contributed by atoms with Gasteiger partial charge in [0.25, 0.3) is 11.8 Å². The van der Waals surface area contributed by atoms with Gasteiger partial charge in [-0.15, -0.1) is 10.2 Å². The summed E-state index contributed by atoms with van der Waals surface area (Å²) in [5.41, 5.74) is 1.82. The number of imide groups is 1. The van der Waals surface area contributed by atoms with Crippen molar-refractivity contribution in [2.24, 2.45) is 11.8 Å². The van der Waals surface area contributed by atoms with Gasteiger partial charge in [-0.3, -0.25) is 19.2 Å². The van der Waals surface area contributed by atoms with Gasteiger partial charge in [0.2, 0.25) is 0 Å². The number of unbranched alkanes of at least 4 members (excludes halogenated alkanes) is 2. The van der Waals surface area contributed by atoms with E-state index in [0.717, 1.165) is 0 Å². The number of alkyl carbamates (subject to hydrolysis) is 1. The Kier molecular flexibility index (Phi) is 16.5. The molecule has 308 valence electrons. The molecule has 2 aromatic rings. The molecular formula is C37H51N5O14. The van der Waals surface area contributed by atoms with E-state index in [2.05, 4.69) is 15.6 Å². The van der Waals surface area contributed by atoms with Crippen molar-refractivity contribution in [2.45, 2.75) is 104 Å². The van der Waals surface area contributed by atoms with Crippen LogP contribution >= 0.6 is 0 Å². The van der Waals surface area contributed by atoms with Crippen LogP contribution in [-0.4, -0.2) is 114 Å². The van der Waals surface area contributed by atoms with Crippen LogP contribution < -0.4 is 10.1 Å². The fourth-order valence-corrected chi connectivity index (χ4v) is 6.20. The molecule has 1 aromatic heterocycles. The molecule has 56 heavy (non-hydrogen) atoms. The fourth-order valence-electron chi connectivity index (χ4n) is 6.20. The molecule has 0 radical (unpaired) electrons. The lowest BCUT2D eigenvalue weighted by molar-refractivity contribution is -0.275. The number of nitrogens with zero attached hydrogens (tertiary/aromatic N) is 4. The average molecular weight is 790 g/mol. The molecule has 0 bridgehead atoms. The predicted octanol–water partition coefficient (Wildman–Crippen LogP) is 2.87. The molecule has 6 atom stereocenters.